The molecule has 0 saturated carbocycles. The summed E-state index contributed by atoms with van der Waals surface area (Å²) in [5, 5.41) is 60.5. The summed E-state index contributed by atoms with van der Waals surface area (Å²) in [5.41, 5.74) is 0.00989. The van der Waals surface area contributed by atoms with Crippen molar-refractivity contribution in [2.24, 2.45) is 0 Å². The first kappa shape index (κ1) is 25.6. The van der Waals surface area contributed by atoms with Crippen molar-refractivity contribution in [2.75, 3.05) is 0 Å². The molecule has 2 unspecified atom stereocenters. The van der Waals surface area contributed by atoms with Crippen molar-refractivity contribution in [1.82, 2.24) is 0 Å². The first-order chi connectivity index (χ1) is 19.6. The number of aromatic hydroxyl groups is 5. The number of aliphatic hydroxyl groups excluding tert-OH is 1. The van der Waals surface area contributed by atoms with Crippen molar-refractivity contribution < 1.29 is 49.3 Å². The molecule has 1 aromatic heterocycles. The van der Waals surface area contributed by atoms with E-state index >= 15 is 0 Å². The van der Waals surface area contributed by atoms with Gasteiger partial charge in [-0.15, -0.1) is 0 Å². The lowest BCUT2D eigenvalue weighted by Gasteiger charge is -2.30. The van der Waals surface area contributed by atoms with Gasteiger partial charge in [-0.1, -0.05) is 6.07 Å². The smallest absolute Gasteiger partial charge is 0.202 e. The first-order valence-corrected chi connectivity index (χ1v) is 12.1. The third-order valence-electron chi connectivity index (χ3n) is 6.60. The van der Waals surface area contributed by atoms with Gasteiger partial charge < -0.3 is 44.5 Å². The van der Waals surface area contributed by atoms with Crippen LogP contribution in [0, 0.1) is 0 Å². The third-order valence-corrected chi connectivity index (χ3v) is 6.60. The highest BCUT2D eigenvalue weighted by atomic mass is 16.5. The molecule has 0 radical (unpaired) electrons. The lowest BCUT2D eigenvalue weighted by Crippen LogP contribution is -2.36. The molecule has 0 amide bonds. The zero-order chi connectivity index (χ0) is 29.0. The number of ketones is 1. The van der Waals surface area contributed by atoms with Crippen LogP contribution < -0.4 is 14.9 Å². The number of rotatable bonds is 4. The minimum absolute atomic E-state index is 0.00529. The van der Waals surface area contributed by atoms with Crippen LogP contribution in [0.25, 0.3) is 22.3 Å². The Balaban J connectivity index is 1.28. The van der Waals surface area contributed by atoms with Crippen LogP contribution in [-0.2, 0) is 0 Å². The number of benzene rings is 4. The van der Waals surface area contributed by atoms with Crippen molar-refractivity contribution >= 4 is 16.8 Å². The maximum Gasteiger partial charge on any atom is 0.202 e. The summed E-state index contributed by atoms with van der Waals surface area (Å²) in [4.78, 5) is 25.3. The second-order valence-corrected chi connectivity index (χ2v) is 9.35. The van der Waals surface area contributed by atoms with E-state index in [1.807, 2.05) is 0 Å². The van der Waals surface area contributed by atoms with Gasteiger partial charge in [0.05, 0.1) is 0 Å². The fourth-order valence-electron chi connectivity index (χ4n) is 4.66. The van der Waals surface area contributed by atoms with Crippen LogP contribution in [0.4, 0.5) is 0 Å². The Bertz CT molecular complexity index is 1910. The van der Waals surface area contributed by atoms with Gasteiger partial charge in [0.25, 0.3) is 0 Å². The molecule has 41 heavy (non-hydrogen) atoms. The van der Waals surface area contributed by atoms with Gasteiger partial charge in [-0.3, -0.25) is 9.59 Å². The molecule has 206 valence electrons. The minimum Gasteiger partial charge on any atom is -0.508 e. The fraction of sp³-hybridized carbons (Fsp3) is 0.0667. The Kier molecular flexibility index (Phi) is 5.93. The predicted molar refractivity (Wildman–Crippen MR) is 143 cm³/mol. The predicted octanol–water partition coefficient (Wildman–Crippen LogP) is 4.46. The number of phenolic OH excluding ortho intramolecular Hbond substituents is 5. The molecule has 2 atom stereocenters. The molecule has 0 bridgehead atoms. The highest BCUT2D eigenvalue weighted by molar-refractivity contribution is 6.05. The van der Waals surface area contributed by atoms with E-state index in [2.05, 4.69) is 0 Å². The standard InChI is InChI=1S/C30H20O11/c31-15-8-19(34)26-21(36)12-22(40-24(26)10-15)13-1-4-17(5-2-13)39-23-7-14(3-6-18(23)33)30-29(38)28(37)27-20(35)9-16(32)11-25(27)41-30/h1-12,29-35,38H. The number of aliphatic hydroxyl groups is 1. The number of Topliss-reactive ketones (excluding diaryl/α,β-unsaturated/α-hetero) is 1. The molecule has 4 aromatic carbocycles. The molecule has 1 aliphatic rings. The van der Waals surface area contributed by atoms with Crippen molar-refractivity contribution in [2.45, 2.75) is 12.2 Å². The summed E-state index contributed by atoms with van der Waals surface area (Å²) in [6.07, 6.45) is -2.91. The van der Waals surface area contributed by atoms with Crippen molar-refractivity contribution in [3.8, 4) is 57.3 Å². The average Bonchev–Trinajstić information content (AvgIpc) is 2.91. The third kappa shape index (κ3) is 4.49. The molecule has 6 N–H and O–H groups in total. The number of ether oxygens (including phenoxy) is 2. The minimum atomic E-state index is -1.69. The molecule has 0 spiro atoms. The summed E-state index contributed by atoms with van der Waals surface area (Å²) >= 11 is 0. The monoisotopic (exact) mass is 556 g/mol. The molecule has 5 aromatic rings. The van der Waals surface area contributed by atoms with Crippen LogP contribution in [-0.4, -0.2) is 42.5 Å². The molecular formula is C30H20O11. The highest BCUT2D eigenvalue weighted by Gasteiger charge is 2.39. The van der Waals surface area contributed by atoms with Gasteiger partial charge in [-0.25, -0.2) is 0 Å². The lowest BCUT2D eigenvalue weighted by atomic mass is 9.92. The summed E-state index contributed by atoms with van der Waals surface area (Å²) in [7, 11) is 0. The Morgan fingerprint density at radius 3 is 2.20 bits per heavy atom. The van der Waals surface area contributed by atoms with Gasteiger partial charge in [0.15, 0.2) is 29.1 Å². The number of hydrogen-bond acceptors (Lipinski definition) is 11. The zero-order valence-electron chi connectivity index (χ0n) is 20.8. The van der Waals surface area contributed by atoms with E-state index < -0.39 is 34.9 Å². The summed E-state index contributed by atoms with van der Waals surface area (Å²) < 4.78 is 17.3. The van der Waals surface area contributed by atoms with Crippen molar-refractivity contribution in [3.05, 3.63) is 94.1 Å². The van der Waals surface area contributed by atoms with E-state index in [4.69, 9.17) is 13.9 Å². The maximum atomic E-state index is 12.7. The Morgan fingerprint density at radius 1 is 0.732 bits per heavy atom. The normalized spacial score (nSPS) is 16.3. The van der Waals surface area contributed by atoms with Crippen LogP contribution in [0.5, 0.6) is 46.0 Å². The van der Waals surface area contributed by atoms with Crippen LogP contribution >= 0.6 is 0 Å². The second kappa shape index (κ2) is 9.50. The highest BCUT2D eigenvalue weighted by Crippen LogP contribution is 2.43. The van der Waals surface area contributed by atoms with E-state index in [-0.39, 0.29) is 62.4 Å². The SMILES string of the molecule is O=C1c2c(O)cc(O)cc2OC(c2ccc(O)c(Oc3ccc(-c4cc(=O)c5c(O)cc(O)cc5o4)cc3)c2)C1O. The van der Waals surface area contributed by atoms with Crippen molar-refractivity contribution in [3.63, 3.8) is 0 Å². The number of fused-ring (bicyclic) bond motifs is 2. The van der Waals surface area contributed by atoms with Gasteiger partial charge in [-0.05, 0) is 42.0 Å². The van der Waals surface area contributed by atoms with E-state index in [1.54, 1.807) is 24.3 Å². The quantitative estimate of drug-likeness (QED) is 0.183. The lowest BCUT2D eigenvalue weighted by molar-refractivity contribution is 0.0210. The summed E-state index contributed by atoms with van der Waals surface area (Å²) in [6, 6.07) is 15.9. The largest absolute Gasteiger partial charge is 0.508 e. The van der Waals surface area contributed by atoms with Gasteiger partial charge >= 0.3 is 0 Å². The van der Waals surface area contributed by atoms with Crippen LogP contribution in [0.2, 0.25) is 0 Å². The molecule has 2 heterocycles. The second-order valence-electron chi connectivity index (χ2n) is 9.35. The molecule has 1 aliphatic heterocycles. The van der Waals surface area contributed by atoms with Gasteiger partial charge in [-0.2, -0.15) is 0 Å². The molecule has 11 heteroatoms. The summed E-state index contributed by atoms with van der Waals surface area (Å²) in [5.74, 6) is -2.25. The zero-order valence-corrected chi connectivity index (χ0v) is 20.8. The number of phenols is 5. The maximum absolute atomic E-state index is 12.7. The molecular weight excluding hydrogens is 536 g/mol. The summed E-state index contributed by atoms with van der Waals surface area (Å²) in [6.45, 7) is 0. The van der Waals surface area contributed by atoms with Crippen LogP contribution in [0.3, 0.4) is 0 Å². The first-order valence-electron chi connectivity index (χ1n) is 12.1. The average molecular weight is 556 g/mol. The Labute approximate surface area is 229 Å². The topological polar surface area (TPSA) is 187 Å². The number of carbonyl (C=O) groups is 1. The van der Waals surface area contributed by atoms with E-state index in [1.165, 1.54) is 30.3 Å². The van der Waals surface area contributed by atoms with Crippen molar-refractivity contribution in [1.29, 1.82) is 0 Å². The number of hydrogen-bond donors (Lipinski definition) is 6. The van der Waals surface area contributed by atoms with E-state index in [0.717, 1.165) is 18.2 Å². The molecule has 0 fully saturated rings. The Hall–Kier alpha value is -5.68. The number of carbonyl (C=O) groups excluding carboxylic acids is 1. The van der Waals surface area contributed by atoms with E-state index in [9.17, 15) is 40.2 Å². The van der Waals surface area contributed by atoms with Crippen LogP contribution in [0.15, 0.2) is 82.0 Å². The van der Waals surface area contributed by atoms with E-state index in [0.29, 0.717) is 5.56 Å². The molecule has 0 saturated heterocycles. The molecule has 11 nitrogen and oxygen atoms in total. The van der Waals surface area contributed by atoms with Gasteiger partial charge in [0.2, 0.25) is 5.78 Å². The Morgan fingerprint density at radius 2 is 1.44 bits per heavy atom. The fourth-order valence-corrected chi connectivity index (χ4v) is 4.66. The van der Waals surface area contributed by atoms with Crippen LogP contribution in [0.1, 0.15) is 22.0 Å². The molecule has 0 aliphatic carbocycles. The van der Waals surface area contributed by atoms with Gasteiger partial charge in [0, 0.05) is 35.9 Å². The van der Waals surface area contributed by atoms with Gasteiger partial charge in [0.1, 0.15) is 56.8 Å². The molecule has 6 rings (SSSR count).